The second-order valence-electron chi connectivity index (χ2n) is 2.79. The lowest BCUT2D eigenvalue weighted by Gasteiger charge is -2.05. The lowest BCUT2D eigenvalue weighted by Crippen LogP contribution is -1.92. The zero-order chi connectivity index (χ0) is 11.3. The van der Waals surface area contributed by atoms with Gasteiger partial charge in [-0.15, -0.1) is 0 Å². The van der Waals surface area contributed by atoms with Crippen LogP contribution in [0, 0.1) is 0 Å². The van der Waals surface area contributed by atoms with Crippen molar-refractivity contribution in [2.45, 2.75) is 6.92 Å². The first-order chi connectivity index (χ1) is 7.13. The van der Waals surface area contributed by atoms with Gasteiger partial charge in [0.1, 0.15) is 5.75 Å². The highest BCUT2D eigenvalue weighted by Crippen LogP contribution is 2.26. The van der Waals surface area contributed by atoms with E-state index in [1.54, 1.807) is 12.1 Å². The van der Waals surface area contributed by atoms with Crippen molar-refractivity contribution < 1.29 is 14.6 Å². The minimum atomic E-state index is -0.958. The third kappa shape index (κ3) is 3.75. The fraction of sp³-hybridized carbons (Fsp3) is 0.182. The standard InChI is InChI=1S/C11H11BrO3/c1-2-15-10-5-3-8(7-9(10)12)4-6-11(13)14/h3-7H,2H2,1H3,(H,13,14)/b6-4+. The Labute approximate surface area is 96.5 Å². The van der Waals surface area contributed by atoms with Gasteiger partial charge in [-0.1, -0.05) is 6.07 Å². The first kappa shape index (κ1) is 11.8. The number of benzene rings is 1. The molecular weight excluding hydrogens is 260 g/mol. The molecule has 0 aliphatic rings. The minimum Gasteiger partial charge on any atom is -0.493 e. The molecular formula is C11H11BrO3. The van der Waals surface area contributed by atoms with Crippen LogP contribution in [0.2, 0.25) is 0 Å². The molecule has 1 N–H and O–H groups in total. The van der Waals surface area contributed by atoms with Gasteiger partial charge in [-0.2, -0.15) is 0 Å². The maximum Gasteiger partial charge on any atom is 0.328 e. The van der Waals surface area contributed by atoms with Crippen molar-refractivity contribution in [3.8, 4) is 5.75 Å². The van der Waals surface area contributed by atoms with Gasteiger partial charge in [-0.25, -0.2) is 4.79 Å². The maximum atomic E-state index is 10.3. The summed E-state index contributed by atoms with van der Waals surface area (Å²) in [5.74, 6) is -0.204. The molecule has 1 aromatic carbocycles. The minimum absolute atomic E-state index is 0.600. The summed E-state index contributed by atoms with van der Waals surface area (Å²) in [6.07, 6.45) is 2.63. The van der Waals surface area contributed by atoms with Crippen LogP contribution >= 0.6 is 15.9 Å². The molecule has 1 rings (SSSR count). The quantitative estimate of drug-likeness (QED) is 0.856. The van der Waals surface area contributed by atoms with Gasteiger partial charge in [-0.05, 0) is 46.6 Å². The molecule has 0 saturated heterocycles. The number of rotatable bonds is 4. The predicted molar refractivity (Wildman–Crippen MR) is 62.0 cm³/mol. The average Bonchev–Trinajstić information content (AvgIpc) is 2.19. The van der Waals surface area contributed by atoms with E-state index in [4.69, 9.17) is 9.84 Å². The van der Waals surface area contributed by atoms with E-state index in [0.29, 0.717) is 6.61 Å². The van der Waals surface area contributed by atoms with Crippen LogP contribution < -0.4 is 4.74 Å². The largest absolute Gasteiger partial charge is 0.493 e. The Morgan fingerprint density at radius 2 is 2.33 bits per heavy atom. The number of carboxylic acids is 1. The van der Waals surface area contributed by atoms with Gasteiger partial charge in [0.05, 0.1) is 11.1 Å². The molecule has 0 fully saturated rings. The molecule has 15 heavy (non-hydrogen) atoms. The van der Waals surface area contributed by atoms with Crippen LogP contribution in [0.3, 0.4) is 0 Å². The number of ether oxygens (including phenoxy) is 1. The van der Waals surface area contributed by atoms with Crippen LogP contribution in [0.4, 0.5) is 0 Å². The first-order valence-electron chi connectivity index (χ1n) is 4.47. The average molecular weight is 271 g/mol. The van der Waals surface area contributed by atoms with Crippen LogP contribution in [0.5, 0.6) is 5.75 Å². The molecule has 4 heteroatoms. The number of hydrogen-bond donors (Lipinski definition) is 1. The molecule has 0 radical (unpaired) electrons. The Kier molecular flexibility index (Phi) is 4.37. The molecule has 3 nitrogen and oxygen atoms in total. The van der Waals surface area contributed by atoms with Crippen molar-refractivity contribution in [2.75, 3.05) is 6.61 Å². The summed E-state index contributed by atoms with van der Waals surface area (Å²) >= 11 is 3.35. The van der Waals surface area contributed by atoms with Crippen molar-refractivity contribution in [3.63, 3.8) is 0 Å². The Morgan fingerprint density at radius 1 is 1.60 bits per heavy atom. The van der Waals surface area contributed by atoms with Crippen molar-refractivity contribution in [3.05, 3.63) is 34.3 Å². The summed E-state index contributed by atoms with van der Waals surface area (Å²) in [6, 6.07) is 5.41. The summed E-state index contributed by atoms with van der Waals surface area (Å²) in [7, 11) is 0. The van der Waals surface area contributed by atoms with Gasteiger partial charge < -0.3 is 9.84 Å². The van der Waals surface area contributed by atoms with Gasteiger partial charge in [0.25, 0.3) is 0 Å². The summed E-state index contributed by atoms with van der Waals surface area (Å²) in [6.45, 7) is 2.51. The normalized spacial score (nSPS) is 10.5. The fourth-order valence-corrected chi connectivity index (χ4v) is 1.57. The Bertz CT molecular complexity index is 385. The highest BCUT2D eigenvalue weighted by Gasteiger charge is 2.00. The molecule has 0 aromatic heterocycles. The number of carbonyl (C=O) groups is 1. The lowest BCUT2D eigenvalue weighted by molar-refractivity contribution is -0.131. The predicted octanol–water partition coefficient (Wildman–Crippen LogP) is 2.95. The van der Waals surface area contributed by atoms with Gasteiger partial charge in [-0.3, -0.25) is 0 Å². The molecule has 0 atom stereocenters. The summed E-state index contributed by atoms with van der Waals surface area (Å²) in [5, 5.41) is 8.46. The van der Waals surface area contributed by atoms with E-state index < -0.39 is 5.97 Å². The molecule has 0 aliphatic carbocycles. The maximum absolute atomic E-state index is 10.3. The van der Waals surface area contributed by atoms with Gasteiger partial charge in [0, 0.05) is 6.08 Å². The second kappa shape index (κ2) is 5.56. The van der Waals surface area contributed by atoms with Crippen LogP contribution in [-0.4, -0.2) is 17.7 Å². The van der Waals surface area contributed by atoms with Crippen molar-refractivity contribution in [1.82, 2.24) is 0 Å². The zero-order valence-corrected chi connectivity index (χ0v) is 9.82. The highest BCUT2D eigenvalue weighted by atomic mass is 79.9. The summed E-state index contributed by atoms with van der Waals surface area (Å²) in [4.78, 5) is 10.3. The Morgan fingerprint density at radius 3 is 2.87 bits per heavy atom. The monoisotopic (exact) mass is 270 g/mol. The van der Waals surface area contributed by atoms with E-state index in [1.165, 1.54) is 6.08 Å². The fourth-order valence-electron chi connectivity index (χ4n) is 1.06. The third-order valence-corrected chi connectivity index (χ3v) is 2.29. The topological polar surface area (TPSA) is 46.5 Å². The van der Waals surface area contributed by atoms with E-state index >= 15 is 0 Å². The first-order valence-corrected chi connectivity index (χ1v) is 5.26. The number of halogens is 1. The van der Waals surface area contributed by atoms with E-state index in [1.807, 2.05) is 13.0 Å². The third-order valence-electron chi connectivity index (χ3n) is 1.67. The zero-order valence-electron chi connectivity index (χ0n) is 8.24. The number of hydrogen-bond acceptors (Lipinski definition) is 2. The lowest BCUT2D eigenvalue weighted by atomic mass is 10.2. The van der Waals surface area contributed by atoms with Crippen LogP contribution in [-0.2, 0) is 4.79 Å². The molecule has 0 unspecified atom stereocenters. The number of aliphatic carboxylic acids is 1. The molecule has 80 valence electrons. The molecule has 1 aromatic rings. The van der Waals surface area contributed by atoms with E-state index in [9.17, 15) is 4.79 Å². The molecule has 0 aliphatic heterocycles. The smallest absolute Gasteiger partial charge is 0.328 e. The Hall–Kier alpha value is -1.29. The van der Waals surface area contributed by atoms with Crippen molar-refractivity contribution >= 4 is 28.0 Å². The second-order valence-corrected chi connectivity index (χ2v) is 3.65. The van der Waals surface area contributed by atoms with Gasteiger partial charge in [0.2, 0.25) is 0 Å². The van der Waals surface area contributed by atoms with Gasteiger partial charge in [0.15, 0.2) is 0 Å². The Balaban J connectivity index is 2.86. The molecule has 0 saturated carbocycles. The molecule has 0 spiro atoms. The van der Waals surface area contributed by atoms with E-state index in [-0.39, 0.29) is 0 Å². The highest BCUT2D eigenvalue weighted by molar-refractivity contribution is 9.10. The van der Waals surface area contributed by atoms with E-state index in [2.05, 4.69) is 15.9 Å². The SMILES string of the molecule is CCOc1ccc(/C=C/C(=O)O)cc1Br. The van der Waals surface area contributed by atoms with Crippen LogP contribution in [0.1, 0.15) is 12.5 Å². The van der Waals surface area contributed by atoms with E-state index in [0.717, 1.165) is 21.9 Å². The number of carboxylic acid groups (broad SMARTS) is 1. The van der Waals surface area contributed by atoms with Crippen LogP contribution in [0.15, 0.2) is 28.7 Å². The van der Waals surface area contributed by atoms with Crippen LogP contribution in [0.25, 0.3) is 6.08 Å². The summed E-state index contributed by atoms with van der Waals surface area (Å²) in [5.41, 5.74) is 0.813. The summed E-state index contributed by atoms with van der Waals surface area (Å²) < 4.78 is 6.15. The molecule has 0 heterocycles. The molecule has 0 bridgehead atoms. The van der Waals surface area contributed by atoms with Gasteiger partial charge >= 0.3 is 5.97 Å². The van der Waals surface area contributed by atoms with Crippen molar-refractivity contribution in [1.29, 1.82) is 0 Å². The molecule has 0 amide bonds. The van der Waals surface area contributed by atoms with Crippen molar-refractivity contribution in [2.24, 2.45) is 0 Å².